The molecule has 0 amide bonds. The van der Waals surface area contributed by atoms with Crippen molar-refractivity contribution in [3.63, 3.8) is 0 Å². The summed E-state index contributed by atoms with van der Waals surface area (Å²) < 4.78 is 0. The van der Waals surface area contributed by atoms with Gasteiger partial charge in [0.2, 0.25) is 5.95 Å². The molecule has 7 nitrogen and oxygen atoms in total. The molecule has 0 aliphatic heterocycles. The predicted octanol–water partition coefficient (Wildman–Crippen LogP) is 2.98. The average molecular weight is 371 g/mol. The quantitative estimate of drug-likeness (QED) is 0.577. The number of hydrogen-bond acceptors (Lipinski definition) is 6. The zero-order chi connectivity index (χ0) is 18.5. The second-order valence-corrected chi connectivity index (χ2v) is 6.32. The summed E-state index contributed by atoms with van der Waals surface area (Å²) in [5.74, 6) is 0.924. The number of nitrogens with zero attached hydrogens (tertiary/aromatic N) is 3. The van der Waals surface area contributed by atoms with Gasteiger partial charge >= 0.3 is 0 Å². The van der Waals surface area contributed by atoms with E-state index >= 15 is 0 Å². The van der Waals surface area contributed by atoms with Crippen LogP contribution in [0.15, 0.2) is 47.7 Å². The third-order valence-electron chi connectivity index (χ3n) is 3.71. The Morgan fingerprint density at radius 2 is 2.00 bits per heavy atom. The van der Waals surface area contributed by atoms with Crippen molar-refractivity contribution in [3.05, 3.63) is 75.1 Å². The Kier molecular flexibility index (Phi) is 5.48. The maximum absolute atomic E-state index is 12.3. The van der Waals surface area contributed by atoms with Crippen molar-refractivity contribution in [1.82, 2.24) is 19.9 Å². The summed E-state index contributed by atoms with van der Waals surface area (Å²) in [6.07, 6.45) is 5.23. The van der Waals surface area contributed by atoms with Crippen LogP contribution >= 0.6 is 11.6 Å². The molecule has 3 N–H and O–H groups in total. The van der Waals surface area contributed by atoms with Gasteiger partial charge in [0.1, 0.15) is 5.82 Å². The van der Waals surface area contributed by atoms with Gasteiger partial charge in [-0.15, -0.1) is 0 Å². The number of halogens is 1. The molecule has 3 aromatic heterocycles. The highest BCUT2D eigenvalue weighted by Crippen LogP contribution is 2.18. The van der Waals surface area contributed by atoms with Gasteiger partial charge in [-0.3, -0.25) is 14.8 Å². The van der Waals surface area contributed by atoms with Crippen LogP contribution in [0, 0.1) is 6.92 Å². The molecule has 0 fully saturated rings. The summed E-state index contributed by atoms with van der Waals surface area (Å²) in [5.41, 5.74) is 2.29. The van der Waals surface area contributed by atoms with Crippen molar-refractivity contribution in [2.24, 2.45) is 0 Å². The van der Waals surface area contributed by atoms with Crippen LogP contribution in [0.3, 0.4) is 0 Å². The predicted molar refractivity (Wildman–Crippen MR) is 103 cm³/mol. The second kappa shape index (κ2) is 7.97. The number of hydrogen-bond donors (Lipinski definition) is 3. The number of rotatable bonds is 6. The van der Waals surface area contributed by atoms with Gasteiger partial charge in [0.25, 0.3) is 5.56 Å². The van der Waals surface area contributed by atoms with Crippen LogP contribution in [0.4, 0.5) is 11.8 Å². The lowest BCUT2D eigenvalue weighted by atomic mass is 10.1. The van der Waals surface area contributed by atoms with Gasteiger partial charge < -0.3 is 10.6 Å². The van der Waals surface area contributed by atoms with Crippen molar-refractivity contribution < 1.29 is 0 Å². The highest BCUT2D eigenvalue weighted by atomic mass is 35.5. The smallest absolute Gasteiger partial charge is 0.255 e. The Balaban J connectivity index is 1.66. The molecule has 0 spiro atoms. The largest absolute Gasteiger partial charge is 0.349 e. The third kappa shape index (κ3) is 4.58. The minimum absolute atomic E-state index is 0.189. The second-order valence-electron chi connectivity index (χ2n) is 5.91. The molecule has 8 heteroatoms. The topological polar surface area (TPSA) is 95.6 Å². The molecule has 1 atom stereocenters. The Labute approximate surface area is 155 Å². The Hall–Kier alpha value is -2.93. The van der Waals surface area contributed by atoms with Crippen LogP contribution in [0.25, 0.3) is 0 Å². The molecule has 0 aliphatic carbocycles. The minimum atomic E-state index is -0.238. The first-order chi connectivity index (χ1) is 12.5. The first kappa shape index (κ1) is 17.9. The first-order valence-electron chi connectivity index (χ1n) is 8.14. The fraction of sp³-hybridized carbons (Fsp3) is 0.222. The Morgan fingerprint density at radius 1 is 1.15 bits per heavy atom. The molecule has 0 aromatic carbocycles. The molecule has 0 saturated heterocycles. The number of H-pyrrole nitrogens is 1. The van der Waals surface area contributed by atoms with Gasteiger partial charge in [-0.2, -0.15) is 0 Å². The van der Waals surface area contributed by atoms with E-state index in [4.69, 9.17) is 11.6 Å². The number of pyridine rings is 2. The van der Waals surface area contributed by atoms with Crippen molar-refractivity contribution in [3.8, 4) is 0 Å². The molecular formula is C18H19ClN6O. The lowest BCUT2D eigenvalue weighted by Crippen LogP contribution is -2.28. The van der Waals surface area contributed by atoms with Gasteiger partial charge in [-0.25, -0.2) is 9.97 Å². The van der Waals surface area contributed by atoms with Crippen molar-refractivity contribution >= 4 is 23.4 Å². The number of nitrogens with one attached hydrogen (secondary N) is 3. The van der Waals surface area contributed by atoms with Crippen molar-refractivity contribution in [2.75, 3.05) is 10.6 Å². The third-order valence-corrected chi connectivity index (χ3v) is 4.01. The van der Waals surface area contributed by atoms with Gasteiger partial charge in [0.05, 0.1) is 11.2 Å². The van der Waals surface area contributed by atoms with Crippen LogP contribution in [-0.4, -0.2) is 26.1 Å². The normalized spacial score (nSPS) is 11.8. The van der Waals surface area contributed by atoms with Gasteiger partial charge in [0, 0.05) is 36.3 Å². The highest BCUT2D eigenvalue weighted by Gasteiger charge is 2.09. The summed E-state index contributed by atoms with van der Waals surface area (Å²) in [4.78, 5) is 27.7. The number of aromatic nitrogens is 4. The van der Waals surface area contributed by atoms with Crippen LogP contribution in [0.5, 0.6) is 0 Å². The molecule has 0 saturated carbocycles. The summed E-state index contributed by atoms with van der Waals surface area (Å²) in [7, 11) is 0. The minimum Gasteiger partial charge on any atom is -0.349 e. The number of aryl methyl sites for hydroxylation is 1. The molecule has 0 radical (unpaired) electrons. The van der Waals surface area contributed by atoms with E-state index in [2.05, 4.69) is 30.6 Å². The Morgan fingerprint density at radius 3 is 2.69 bits per heavy atom. The van der Waals surface area contributed by atoms with E-state index in [-0.39, 0.29) is 11.7 Å². The van der Waals surface area contributed by atoms with E-state index in [1.54, 1.807) is 30.7 Å². The van der Waals surface area contributed by atoms with E-state index in [0.29, 0.717) is 28.8 Å². The molecule has 3 aromatic rings. The zero-order valence-corrected chi connectivity index (χ0v) is 15.2. The van der Waals surface area contributed by atoms with E-state index in [1.165, 1.54) is 0 Å². The fourth-order valence-electron chi connectivity index (χ4n) is 2.38. The maximum atomic E-state index is 12.3. The molecule has 134 valence electrons. The van der Waals surface area contributed by atoms with E-state index in [9.17, 15) is 4.79 Å². The first-order valence-corrected chi connectivity index (χ1v) is 8.52. The molecule has 26 heavy (non-hydrogen) atoms. The fourth-order valence-corrected chi connectivity index (χ4v) is 2.56. The molecule has 0 aliphatic rings. The van der Waals surface area contributed by atoms with Crippen LogP contribution in [0.2, 0.25) is 5.02 Å². The van der Waals surface area contributed by atoms with E-state index in [0.717, 1.165) is 11.3 Å². The summed E-state index contributed by atoms with van der Waals surface area (Å²) in [6.45, 7) is 3.79. The number of aromatic amines is 1. The molecule has 3 heterocycles. The van der Waals surface area contributed by atoms with Crippen LogP contribution < -0.4 is 16.2 Å². The standard InChI is InChI=1S/C18H19ClN6O/c1-11-5-6-13(9-21-11)8-14-10-22-18(25-17(14)26)24-12(2)23-16-15(19)4-3-7-20-16/h3-7,9-10,12H,8H2,1-2H3,(H,20,23)(H2,22,24,25,26). The lowest BCUT2D eigenvalue weighted by Gasteiger charge is -2.17. The molecule has 1 unspecified atom stereocenters. The molecular weight excluding hydrogens is 352 g/mol. The van der Waals surface area contributed by atoms with Crippen LogP contribution in [0.1, 0.15) is 23.7 Å². The van der Waals surface area contributed by atoms with E-state index in [1.807, 2.05) is 26.0 Å². The van der Waals surface area contributed by atoms with Gasteiger partial charge in [-0.1, -0.05) is 17.7 Å². The Bertz CT molecular complexity index is 941. The summed E-state index contributed by atoms with van der Waals surface area (Å²) in [6, 6.07) is 7.38. The summed E-state index contributed by atoms with van der Waals surface area (Å²) in [5, 5.41) is 6.70. The SMILES string of the molecule is Cc1ccc(Cc2cnc(NC(C)Nc3ncccc3Cl)[nH]c2=O)cn1. The highest BCUT2D eigenvalue weighted by molar-refractivity contribution is 6.32. The number of anilines is 2. The van der Waals surface area contributed by atoms with Gasteiger partial charge in [0.15, 0.2) is 0 Å². The van der Waals surface area contributed by atoms with Gasteiger partial charge in [-0.05, 0) is 37.6 Å². The van der Waals surface area contributed by atoms with Crippen molar-refractivity contribution in [1.29, 1.82) is 0 Å². The summed E-state index contributed by atoms with van der Waals surface area (Å²) >= 11 is 6.07. The monoisotopic (exact) mass is 370 g/mol. The molecule has 0 bridgehead atoms. The maximum Gasteiger partial charge on any atom is 0.255 e. The lowest BCUT2D eigenvalue weighted by molar-refractivity contribution is 0.872. The van der Waals surface area contributed by atoms with Crippen molar-refractivity contribution in [2.45, 2.75) is 26.4 Å². The zero-order valence-electron chi connectivity index (χ0n) is 14.5. The van der Waals surface area contributed by atoms with Crippen LogP contribution in [-0.2, 0) is 6.42 Å². The average Bonchev–Trinajstić information content (AvgIpc) is 2.61. The van der Waals surface area contributed by atoms with E-state index < -0.39 is 0 Å². The molecule has 3 rings (SSSR count).